The van der Waals surface area contributed by atoms with Gasteiger partial charge in [-0.15, -0.1) is 0 Å². The van der Waals surface area contributed by atoms with Crippen LogP contribution in [0, 0.1) is 0 Å². The molecule has 1 heterocycles. The molecule has 3 rings (SSSR count). The topological polar surface area (TPSA) is 78.5 Å². The van der Waals surface area contributed by atoms with E-state index in [0.29, 0.717) is 12.2 Å². The van der Waals surface area contributed by atoms with E-state index in [4.69, 9.17) is 0 Å². The van der Waals surface area contributed by atoms with Gasteiger partial charge in [-0.1, -0.05) is 36.4 Å². The van der Waals surface area contributed by atoms with Crippen molar-refractivity contribution in [3.63, 3.8) is 0 Å². The fourth-order valence-corrected chi connectivity index (χ4v) is 4.68. The van der Waals surface area contributed by atoms with Gasteiger partial charge in [0.2, 0.25) is 10.0 Å². The van der Waals surface area contributed by atoms with Crippen molar-refractivity contribution < 1.29 is 13.2 Å². The number of benzene rings is 2. The molecule has 0 spiro atoms. The van der Waals surface area contributed by atoms with Crippen LogP contribution in [-0.2, 0) is 10.0 Å². The Balaban J connectivity index is 1.61. The zero-order valence-electron chi connectivity index (χ0n) is 13.8. The molecule has 1 unspecified atom stereocenters. The number of para-hydroxylation sites is 1. The third kappa shape index (κ3) is 4.18. The Morgan fingerprint density at radius 3 is 2.36 bits per heavy atom. The Kier molecular flexibility index (Phi) is 5.35. The molecule has 2 N–H and O–H groups in total. The fraction of sp³-hybridized carbons (Fsp3) is 0.278. The minimum atomic E-state index is -3.53. The molecule has 6 nitrogen and oxygen atoms in total. The number of urea groups is 1. The zero-order valence-corrected chi connectivity index (χ0v) is 14.6. The molecule has 1 saturated heterocycles. The Bertz CT molecular complexity index is 810. The third-order valence-corrected chi connectivity index (χ3v) is 6.17. The van der Waals surface area contributed by atoms with Gasteiger partial charge in [-0.2, -0.15) is 4.31 Å². The molecule has 25 heavy (non-hydrogen) atoms. The van der Waals surface area contributed by atoms with Crippen LogP contribution >= 0.6 is 0 Å². The molecular weight excluding hydrogens is 338 g/mol. The van der Waals surface area contributed by atoms with Crippen LogP contribution in [-0.4, -0.2) is 37.9 Å². The molecule has 0 aromatic heterocycles. The molecule has 0 bridgehead atoms. The maximum Gasteiger partial charge on any atom is 0.319 e. The average Bonchev–Trinajstić information content (AvgIpc) is 3.11. The van der Waals surface area contributed by atoms with E-state index >= 15 is 0 Å². The predicted molar refractivity (Wildman–Crippen MR) is 96.8 cm³/mol. The number of rotatable bonds is 5. The van der Waals surface area contributed by atoms with Gasteiger partial charge >= 0.3 is 6.03 Å². The first-order valence-electron chi connectivity index (χ1n) is 8.24. The summed E-state index contributed by atoms with van der Waals surface area (Å²) in [5.41, 5.74) is 0.695. The number of hydrogen-bond acceptors (Lipinski definition) is 3. The van der Waals surface area contributed by atoms with Crippen LogP contribution < -0.4 is 10.6 Å². The summed E-state index contributed by atoms with van der Waals surface area (Å²) in [6.45, 7) is 0.759. The van der Waals surface area contributed by atoms with Crippen LogP contribution in [0.15, 0.2) is 65.6 Å². The normalized spacial score (nSPS) is 18.0. The van der Waals surface area contributed by atoms with Crippen molar-refractivity contribution in [3.8, 4) is 0 Å². The van der Waals surface area contributed by atoms with Crippen molar-refractivity contribution in [2.45, 2.75) is 23.8 Å². The molecule has 1 aliphatic heterocycles. The average molecular weight is 359 g/mol. The summed E-state index contributed by atoms with van der Waals surface area (Å²) in [7, 11) is -3.53. The van der Waals surface area contributed by atoms with Crippen molar-refractivity contribution >= 4 is 21.7 Å². The van der Waals surface area contributed by atoms with Crippen LogP contribution in [0.1, 0.15) is 12.8 Å². The van der Waals surface area contributed by atoms with Crippen molar-refractivity contribution in [1.29, 1.82) is 0 Å². The van der Waals surface area contributed by atoms with Crippen LogP contribution in [0.25, 0.3) is 0 Å². The van der Waals surface area contributed by atoms with Gasteiger partial charge in [-0.05, 0) is 37.1 Å². The lowest BCUT2D eigenvalue weighted by Crippen LogP contribution is -2.44. The van der Waals surface area contributed by atoms with Gasteiger partial charge in [0.25, 0.3) is 0 Å². The SMILES string of the molecule is O=C(NCC1CCCN1S(=O)(=O)c1ccccc1)Nc1ccccc1. The smallest absolute Gasteiger partial charge is 0.319 e. The van der Waals surface area contributed by atoms with Crippen molar-refractivity contribution in [3.05, 3.63) is 60.7 Å². The lowest BCUT2D eigenvalue weighted by Gasteiger charge is -2.24. The summed E-state index contributed by atoms with van der Waals surface area (Å²) in [6, 6.07) is 17.0. The molecule has 1 atom stereocenters. The van der Waals surface area contributed by atoms with E-state index in [-0.39, 0.29) is 23.5 Å². The van der Waals surface area contributed by atoms with Crippen LogP contribution in [0.3, 0.4) is 0 Å². The molecule has 0 radical (unpaired) electrons. The number of nitrogens with zero attached hydrogens (tertiary/aromatic N) is 1. The van der Waals surface area contributed by atoms with Gasteiger partial charge in [0.1, 0.15) is 0 Å². The van der Waals surface area contributed by atoms with Gasteiger partial charge in [0.15, 0.2) is 0 Å². The first kappa shape index (κ1) is 17.4. The summed E-state index contributed by atoms with van der Waals surface area (Å²) in [4.78, 5) is 12.3. The van der Waals surface area contributed by atoms with Crippen molar-refractivity contribution in [2.24, 2.45) is 0 Å². The second kappa shape index (κ2) is 7.67. The van der Waals surface area contributed by atoms with Crippen LogP contribution in [0.4, 0.5) is 10.5 Å². The summed E-state index contributed by atoms with van der Waals surface area (Å²) in [5.74, 6) is 0. The zero-order chi connectivity index (χ0) is 17.7. The molecular formula is C18H21N3O3S. The summed E-state index contributed by atoms with van der Waals surface area (Å²) in [5, 5.41) is 5.50. The van der Waals surface area contributed by atoms with Gasteiger partial charge in [-0.3, -0.25) is 0 Å². The summed E-state index contributed by atoms with van der Waals surface area (Å²) >= 11 is 0. The number of sulfonamides is 1. The highest BCUT2D eigenvalue weighted by Gasteiger charge is 2.35. The quantitative estimate of drug-likeness (QED) is 0.861. The highest BCUT2D eigenvalue weighted by Crippen LogP contribution is 2.25. The Morgan fingerprint density at radius 1 is 1.04 bits per heavy atom. The number of nitrogens with one attached hydrogen (secondary N) is 2. The van der Waals surface area contributed by atoms with E-state index in [0.717, 1.165) is 12.8 Å². The monoisotopic (exact) mass is 359 g/mol. The number of carbonyl (C=O) groups is 1. The minimum absolute atomic E-state index is 0.230. The number of amides is 2. The Labute approximate surface area is 147 Å². The van der Waals surface area contributed by atoms with E-state index in [1.54, 1.807) is 42.5 Å². The minimum Gasteiger partial charge on any atom is -0.336 e. The van der Waals surface area contributed by atoms with E-state index in [9.17, 15) is 13.2 Å². The van der Waals surface area contributed by atoms with Gasteiger partial charge in [0, 0.05) is 24.8 Å². The van der Waals surface area contributed by atoms with Crippen LogP contribution in [0.5, 0.6) is 0 Å². The molecule has 2 aromatic carbocycles. The number of hydrogen-bond donors (Lipinski definition) is 2. The molecule has 1 aliphatic rings. The van der Waals surface area contributed by atoms with Gasteiger partial charge in [-0.25, -0.2) is 13.2 Å². The summed E-state index contributed by atoms with van der Waals surface area (Å²) < 4.78 is 27.0. The van der Waals surface area contributed by atoms with Crippen LogP contribution in [0.2, 0.25) is 0 Å². The molecule has 2 aromatic rings. The Hall–Kier alpha value is -2.38. The van der Waals surface area contributed by atoms with E-state index in [1.807, 2.05) is 18.2 Å². The third-order valence-electron chi connectivity index (χ3n) is 4.20. The predicted octanol–water partition coefficient (Wildman–Crippen LogP) is 2.66. The molecule has 1 fully saturated rings. The fourth-order valence-electron chi connectivity index (χ4n) is 2.96. The highest BCUT2D eigenvalue weighted by atomic mass is 32.2. The highest BCUT2D eigenvalue weighted by molar-refractivity contribution is 7.89. The van der Waals surface area contributed by atoms with Gasteiger partial charge in [0.05, 0.1) is 4.90 Å². The second-order valence-corrected chi connectivity index (χ2v) is 7.82. The summed E-state index contributed by atoms with van der Waals surface area (Å²) in [6.07, 6.45) is 1.52. The molecule has 0 saturated carbocycles. The first-order chi connectivity index (χ1) is 12.1. The Morgan fingerprint density at radius 2 is 1.68 bits per heavy atom. The largest absolute Gasteiger partial charge is 0.336 e. The van der Waals surface area contributed by atoms with Gasteiger partial charge < -0.3 is 10.6 Å². The maximum absolute atomic E-state index is 12.8. The number of carbonyl (C=O) groups excluding carboxylic acids is 1. The first-order valence-corrected chi connectivity index (χ1v) is 9.68. The molecule has 132 valence electrons. The molecule has 0 aliphatic carbocycles. The lowest BCUT2D eigenvalue weighted by molar-refractivity contribution is 0.249. The lowest BCUT2D eigenvalue weighted by atomic mass is 10.2. The van der Waals surface area contributed by atoms with E-state index in [2.05, 4.69) is 10.6 Å². The number of anilines is 1. The second-order valence-electron chi connectivity index (χ2n) is 5.93. The van der Waals surface area contributed by atoms with Crippen molar-refractivity contribution in [1.82, 2.24) is 9.62 Å². The standard InChI is InChI=1S/C18H21N3O3S/c22-18(20-15-8-3-1-4-9-15)19-14-16-10-7-13-21(16)25(23,24)17-11-5-2-6-12-17/h1-6,8-9,11-12,16H,7,10,13-14H2,(H2,19,20,22). The van der Waals surface area contributed by atoms with E-state index in [1.165, 1.54) is 4.31 Å². The van der Waals surface area contributed by atoms with E-state index < -0.39 is 10.0 Å². The molecule has 7 heteroatoms. The van der Waals surface area contributed by atoms with Crippen molar-refractivity contribution in [2.75, 3.05) is 18.4 Å². The molecule has 2 amide bonds. The maximum atomic E-state index is 12.8.